The van der Waals surface area contributed by atoms with Gasteiger partial charge in [0, 0.05) is 6.42 Å². The zero-order valence-corrected chi connectivity index (χ0v) is 13.1. The maximum absolute atomic E-state index is 11.0. The molecule has 0 saturated carbocycles. The Kier molecular flexibility index (Phi) is 14.3. The number of carbonyl (C=O) groups is 1. The van der Waals surface area contributed by atoms with E-state index in [0.29, 0.717) is 11.1 Å². The lowest BCUT2D eigenvalue weighted by Crippen LogP contribution is -1.97. The Bertz CT molecular complexity index is 168. The molecule has 0 radical (unpaired) electrons. The van der Waals surface area contributed by atoms with Crippen LogP contribution in [0.2, 0.25) is 0 Å². The van der Waals surface area contributed by atoms with E-state index in [0.717, 1.165) is 12.8 Å². The van der Waals surface area contributed by atoms with Gasteiger partial charge >= 0.3 is 0 Å². The summed E-state index contributed by atoms with van der Waals surface area (Å²) in [4.78, 5) is 11.0. The molecule has 1 nitrogen and oxygen atoms in total. The van der Waals surface area contributed by atoms with Crippen LogP contribution in [0.25, 0.3) is 0 Å². The summed E-state index contributed by atoms with van der Waals surface area (Å²) in [6.07, 6.45) is 15.6. The molecule has 102 valence electrons. The van der Waals surface area contributed by atoms with Gasteiger partial charge < -0.3 is 0 Å². The second kappa shape index (κ2) is 14.2. The average molecular weight is 305 g/mol. The fourth-order valence-electron chi connectivity index (χ4n) is 2.05. The van der Waals surface area contributed by atoms with Crippen LogP contribution in [0.4, 0.5) is 0 Å². The van der Waals surface area contributed by atoms with Crippen LogP contribution in [0.5, 0.6) is 0 Å². The highest BCUT2D eigenvalue weighted by Gasteiger charge is 1.98. The Morgan fingerprint density at radius 1 is 0.765 bits per heavy atom. The standard InChI is InChI=1S/C15H29BrO/c1-2-3-4-5-6-7-8-9-10-11-12-13-15(17)14-16/h2-14H2,1H3. The van der Waals surface area contributed by atoms with Gasteiger partial charge in [0.1, 0.15) is 5.78 Å². The molecule has 0 aromatic rings. The predicted molar refractivity (Wildman–Crippen MR) is 79.9 cm³/mol. The van der Waals surface area contributed by atoms with E-state index in [1.807, 2.05) is 0 Å². The Balaban J connectivity index is 2.96. The van der Waals surface area contributed by atoms with Gasteiger partial charge in [-0.2, -0.15) is 0 Å². The first-order valence-corrected chi connectivity index (χ1v) is 8.51. The number of hydrogen-bond donors (Lipinski definition) is 0. The minimum Gasteiger partial charge on any atom is -0.299 e. The molecule has 0 atom stereocenters. The zero-order valence-electron chi connectivity index (χ0n) is 11.5. The molecule has 0 fully saturated rings. The third-order valence-electron chi connectivity index (χ3n) is 3.21. The quantitative estimate of drug-likeness (QED) is 0.317. The van der Waals surface area contributed by atoms with Crippen LogP contribution in [0.3, 0.4) is 0 Å². The summed E-state index contributed by atoms with van der Waals surface area (Å²) in [5, 5.41) is 0.532. The van der Waals surface area contributed by atoms with Crippen LogP contribution in [0, 0.1) is 0 Å². The van der Waals surface area contributed by atoms with Crippen molar-refractivity contribution < 1.29 is 4.79 Å². The first-order chi connectivity index (χ1) is 8.31. The second-order valence-corrected chi connectivity index (χ2v) is 5.52. The molecule has 0 bridgehead atoms. The molecule has 17 heavy (non-hydrogen) atoms. The van der Waals surface area contributed by atoms with Gasteiger partial charge in [-0.3, -0.25) is 4.79 Å². The van der Waals surface area contributed by atoms with Gasteiger partial charge in [-0.05, 0) is 6.42 Å². The van der Waals surface area contributed by atoms with Crippen molar-refractivity contribution in [3.05, 3.63) is 0 Å². The normalized spacial score (nSPS) is 10.7. The summed E-state index contributed by atoms with van der Waals surface area (Å²) in [5.41, 5.74) is 0. The number of ketones is 1. The van der Waals surface area contributed by atoms with E-state index in [2.05, 4.69) is 22.9 Å². The second-order valence-electron chi connectivity index (χ2n) is 4.96. The van der Waals surface area contributed by atoms with Gasteiger partial charge in [0.15, 0.2) is 0 Å². The molecule has 0 rings (SSSR count). The SMILES string of the molecule is CCCCCCCCCCCCCC(=O)CBr. The predicted octanol–water partition coefficient (Wildman–Crippen LogP) is 5.65. The molecular formula is C15H29BrO. The van der Waals surface area contributed by atoms with Gasteiger partial charge in [-0.1, -0.05) is 87.1 Å². The lowest BCUT2D eigenvalue weighted by molar-refractivity contribution is -0.116. The highest BCUT2D eigenvalue weighted by molar-refractivity contribution is 9.09. The Morgan fingerprint density at radius 2 is 1.18 bits per heavy atom. The first-order valence-electron chi connectivity index (χ1n) is 7.39. The van der Waals surface area contributed by atoms with Crippen molar-refractivity contribution >= 4 is 21.7 Å². The van der Waals surface area contributed by atoms with Crippen molar-refractivity contribution in [1.29, 1.82) is 0 Å². The summed E-state index contributed by atoms with van der Waals surface area (Å²) in [5.74, 6) is 0.348. The van der Waals surface area contributed by atoms with Crippen LogP contribution in [0.15, 0.2) is 0 Å². The van der Waals surface area contributed by atoms with Crippen molar-refractivity contribution in [3.8, 4) is 0 Å². The Labute approximate surface area is 116 Å². The molecular weight excluding hydrogens is 276 g/mol. The lowest BCUT2D eigenvalue weighted by Gasteiger charge is -2.02. The molecule has 0 unspecified atom stereocenters. The number of halogens is 1. The smallest absolute Gasteiger partial charge is 0.143 e. The first kappa shape index (κ1) is 17.2. The van der Waals surface area contributed by atoms with E-state index in [9.17, 15) is 4.79 Å². The highest BCUT2D eigenvalue weighted by Crippen LogP contribution is 2.12. The molecule has 0 N–H and O–H groups in total. The molecule has 0 aliphatic rings. The number of unbranched alkanes of at least 4 members (excludes halogenated alkanes) is 10. The van der Waals surface area contributed by atoms with E-state index >= 15 is 0 Å². The summed E-state index contributed by atoms with van der Waals surface area (Å²) in [6.45, 7) is 2.26. The third kappa shape index (κ3) is 14.1. The number of rotatable bonds is 13. The largest absolute Gasteiger partial charge is 0.299 e. The molecule has 2 heteroatoms. The molecule has 0 saturated heterocycles. The highest BCUT2D eigenvalue weighted by atomic mass is 79.9. The van der Waals surface area contributed by atoms with Crippen LogP contribution in [-0.2, 0) is 4.79 Å². The molecule has 0 aromatic carbocycles. The maximum atomic E-state index is 11.0. The molecule has 0 spiro atoms. The fourth-order valence-corrected chi connectivity index (χ4v) is 2.33. The van der Waals surface area contributed by atoms with Crippen molar-refractivity contribution in [2.45, 2.75) is 84.0 Å². The summed E-state index contributed by atoms with van der Waals surface area (Å²) >= 11 is 3.19. The Morgan fingerprint density at radius 3 is 1.59 bits per heavy atom. The Hall–Kier alpha value is 0.150. The monoisotopic (exact) mass is 304 g/mol. The van der Waals surface area contributed by atoms with Gasteiger partial charge in [-0.15, -0.1) is 0 Å². The van der Waals surface area contributed by atoms with E-state index in [-0.39, 0.29) is 0 Å². The van der Waals surface area contributed by atoms with Crippen molar-refractivity contribution in [2.24, 2.45) is 0 Å². The third-order valence-corrected chi connectivity index (χ3v) is 3.83. The lowest BCUT2D eigenvalue weighted by atomic mass is 10.0. The van der Waals surface area contributed by atoms with Gasteiger partial charge in [0.2, 0.25) is 0 Å². The minimum absolute atomic E-state index is 0.348. The van der Waals surface area contributed by atoms with Crippen LogP contribution >= 0.6 is 15.9 Å². The van der Waals surface area contributed by atoms with Crippen LogP contribution < -0.4 is 0 Å². The molecule has 0 aliphatic carbocycles. The van der Waals surface area contributed by atoms with Crippen molar-refractivity contribution in [3.63, 3.8) is 0 Å². The van der Waals surface area contributed by atoms with Gasteiger partial charge in [0.25, 0.3) is 0 Å². The van der Waals surface area contributed by atoms with E-state index < -0.39 is 0 Å². The van der Waals surface area contributed by atoms with Gasteiger partial charge in [-0.25, -0.2) is 0 Å². The zero-order chi connectivity index (χ0) is 12.8. The average Bonchev–Trinajstić information content (AvgIpc) is 2.35. The van der Waals surface area contributed by atoms with Crippen molar-refractivity contribution in [2.75, 3.05) is 5.33 Å². The van der Waals surface area contributed by atoms with Gasteiger partial charge in [0.05, 0.1) is 5.33 Å². The molecule has 0 heterocycles. The van der Waals surface area contributed by atoms with E-state index in [1.54, 1.807) is 0 Å². The summed E-state index contributed by atoms with van der Waals surface area (Å²) in [6, 6.07) is 0. The molecule has 0 aromatic heterocycles. The van der Waals surface area contributed by atoms with Crippen LogP contribution in [-0.4, -0.2) is 11.1 Å². The van der Waals surface area contributed by atoms with Crippen molar-refractivity contribution in [1.82, 2.24) is 0 Å². The van der Waals surface area contributed by atoms with E-state index in [1.165, 1.54) is 64.2 Å². The molecule has 0 aliphatic heterocycles. The maximum Gasteiger partial charge on any atom is 0.143 e. The topological polar surface area (TPSA) is 17.1 Å². The van der Waals surface area contributed by atoms with Crippen LogP contribution in [0.1, 0.15) is 84.0 Å². The number of Topliss-reactive ketones (excluding diaryl/α,β-unsaturated/α-hetero) is 1. The number of alkyl halides is 1. The van der Waals surface area contributed by atoms with E-state index in [4.69, 9.17) is 0 Å². The number of hydrogen-bond acceptors (Lipinski definition) is 1. The fraction of sp³-hybridized carbons (Fsp3) is 0.933. The summed E-state index contributed by atoms with van der Waals surface area (Å²) in [7, 11) is 0. The molecule has 0 amide bonds. The number of carbonyl (C=O) groups excluding carboxylic acids is 1. The minimum atomic E-state index is 0.348. The summed E-state index contributed by atoms with van der Waals surface area (Å²) < 4.78 is 0.